The van der Waals surface area contributed by atoms with E-state index in [1.807, 2.05) is 13.1 Å². The predicted octanol–water partition coefficient (Wildman–Crippen LogP) is 3.31. The van der Waals surface area contributed by atoms with Gasteiger partial charge in [-0.05, 0) is 66.9 Å². The number of aliphatic hydroxyl groups is 1. The van der Waals surface area contributed by atoms with Gasteiger partial charge in [0.05, 0.1) is 18.3 Å². The van der Waals surface area contributed by atoms with Gasteiger partial charge in [0.2, 0.25) is 5.78 Å². The van der Waals surface area contributed by atoms with Crippen molar-refractivity contribution in [2.45, 2.75) is 97.4 Å². The Morgan fingerprint density at radius 3 is 2.77 bits per heavy atom. The maximum absolute atomic E-state index is 13.8. The van der Waals surface area contributed by atoms with Crippen molar-refractivity contribution in [3.63, 3.8) is 0 Å². The van der Waals surface area contributed by atoms with Crippen LogP contribution in [0.4, 0.5) is 0 Å². The van der Waals surface area contributed by atoms with Gasteiger partial charge >= 0.3 is 5.97 Å². The van der Waals surface area contributed by atoms with Gasteiger partial charge < -0.3 is 14.6 Å². The Labute approximate surface area is 229 Å². The van der Waals surface area contributed by atoms with Gasteiger partial charge in [-0.3, -0.25) is 19.1 Å². The molecular formula is C30H39N3O6. The molecule has 3 fully saturated rings. The highest BCUT2D eigenvalue weighted by atomic mass is 16.5. The highest BCUT2D eigenvalue weighted by Gasteiger charge is 2.74. The molecule has 1 aromatic rings. The number of carbonyl (C=O) groups is 3. The summed E-state index contributed by atoms with van der Waals surface area (Å²) in [6, 6.07) is 0. The van der Waals surface area contributed by atoms with Crippen LogP contribution in [-0.4, -0.2) is 62.7 Å². The van der Waals surface area contributed by atoms with Crippen LogP contribution in [0.1, 0.15) is 78.0 Å². The molecule has 0 aromatic carbocycles. The number of hydrogen-bond donors (Lipinski definition) is 1. The number of ether oxygens (including phenoxy) is 2. The van der Waals surface area contributed by atoms with E-state index in [-0.39, 0.29) is 47.9 Å². The fourth-order valence-electron chi connectivity index (χ4n) is 9.25. The summed E-state index contributed by atoms with van der Waals surface area (Å²) in [5.74, 6) is 0.242. The van der Waals surface area contributed by atoms with E-state index in [2.05, 4.69) is 19.9 Å². The normalized spacial score (nSPS) is 39.7. The topological polar surface area (TPSA) is 120 Å². The summed E-state index contributed by atoms with van der Waals surface area (Å²) < 4.78 is 13.1. The van der Waals surface area contributed by atoms with Crippen molar-refractivity contribution in [1.29, 1.82) is 0 Å². The maximum Gasteiger partial charge on any atom is 0.303 e. The predicted molar refractivity (Wildman–Crippen MR) is 143 cm³/mol. The number of allylic oxidation sites excluding steroid dienone is 1. The third kappa shape index (κ3) is 3.64. The van der Waals surface area contributed by atoms with Crippen molar-refractivity contribution in [2.24, 2.45) is 33.6 Å². The fraction of sp³-hybridized carbons (Fsp3) is 0.700. The lowest BCUT2D eigenvalue weighted by Crippen LogP contribution is -2.62. The fourth-order valence-corrected chi connectivity index (χ4v) is 9.25. The molecule has 9 nitrogen and oxygen atoms in total. The molecule has 0 spiro atoms. The van der Waals surface area contributed by atoms with Crippen molar-refractivity contribution in [1.82, 2.24) is 9.78 Å². The highest BCUT2D eigenvalue weighted by molar-refractivity contribution is 5.97. The minimum atomic E-state index is -1.16. The lowest BCUT2D eigenvalue weighted by molar-refractivity contribution is -0.156. The Morgan fingerprint density at radius 1 is 1.28 bits per heavy atom. The van der Waals surface area contributed by atoms with E-state index in [4.69, 9.17) is 19.6 Å². The number of ketones is 2. The van der Waals surface area contributed by atoms with Crippen molar-refractivity contribution >= 4 is 29.5 Å². The minimum Gasteiger partial charge on any atom is -0.475 e. The Kier molecular flexibility index (Phi) is 5.99. The van der Waals surface area contributed by atoms with Gasteiger partial charge in [0.1, 0.15) is 6.10 Å². The molecule has 0 amide bonds. The van der Waals surface area contributed by atoms with Crippen molar-refractivity contribution in [2.75, 3.05) is 6.61 Å². The Balaban J connectivity index is 1.34. The molecule has 0 bridgehead atoms. The van der Waals surface area contributed by atoms with E-state index in [9.17, 15) is 19.5 Å². The molecule has 1 aliphatic heterocycles. The van der Waals surface area contributed by atoms with Crippen molar-refractivity contribution in [3.8, 4) is 0 Å². The molecule has 5 aliphatic rings. The summed E-state index contributed by atoms with van der Waals surface area (Å²) in [6.07, 6.45) is 7.33. The zero-order chi connectivity index (χ0) is 27.9. The van der Waals surface area contributed by atoms with E-state index in [1.54, 1.807) is 11.6 Å². The van der Waals surface area contributed by atoms with Crippen molar-refractivity contribution < 1.29 is 29.0 Å². The van der Waals surface area contributed by atoms with Crippen LogP contribution >= 0.6 is 0 Å². The van der Waals surface area contributed by atoms with Gasteiger partial charge in [-0.15, -0.1) is 0 Å². The summed E-state index contributed by atoms with van der Waals surface area (Å²) >= 11 is 0. The second-order valence-corrected chi connectivity index (χ2v) is 12.9. The lowest BCUT2D eigenvalue weighted by Gasteiger charge is -2.60. The largest absolute Gasteiger partial charge is 0.475 e. The van der Waals surface area contributed by atoms with E-state index in [0.717, 1.165) is 30.5 Å². The molecule has 0 saturated heterocycles. The second kappa shape index (κ2) is 8.85. The number of aromatic nitrogens is 2. The number of fused-ring (bicyclic) bond motifs is 8. The van der Waals surface area contributed by atoms with Crippen LogP contribution in [0.3, 0.4) is 0 Å². The average molecular weight is 538 g/mol. The molecule has 0 radical (unpaired) electrons. The average Bonchev–Trinajstić information content (AvgIpc) is 3.48. The number of nitrogens with zero attached hydrogens (tertiary/aromatic N) is 3. The number of aliphatic hydroxyl groups excluding tert-OH is 1. The number of hydrogen-bond acceptors (Lipinski definition) is 8. The number of rotatable bonds is 6. The Morgan fingerprint density at radius 2 is 2.05 bits per heavy atom. The smallest absolute Gasteiger partial charge is 0.303 e. The van der Waals surface area contributed by atoms with Crippen LogP contribution in [0.25, 0.3) is 6.08 Å². The molecule has 39 heavy (non-hydrogen) atoms. The van der Waals surface area contributed by atoms with Gasteiger partial charge in [-0.25, -0.2) is 4.99 Å². The molecule has 210 valence electrons. The first-order valence-electron chi connectivity index (χ1n) is 14.3. The molecule has 3 saturated carbocycles. The van der Waals surface area contributed by atoms with Crippen molar-refractivity contribution in [3.05, 3.63) is 23.0 Å². The SMILES string of the molecule is CCC(=O)Cn1cc2c(n1)C=C1CC[C@@H]3[C@H]([C@@H](O)C[C@@]4(C)[C@H]3C[C@H]3OC(C)=N[C@]34C(=O)COC(C)=O)[C@@]1(C)C2. The lowest BCUT2D eigenvalue weighted by atomic mass is 9.45. The molecule has 9 heteroatoms. The third-order valence-electron chi connectivity index (χ3n) is 10.8. The van der Waals surface area contributed by atoms with Crippen LogP contribution < -0.4 is 0 Å². The van der Waals surface area contributed by atoms with Gasteiger partial charge in [-0.1, -0.05) is 26.3 Å². The maximum atomic E-state index is 13.8. The first kappa shape index (κ1) is 26.4. The van der Waals surface area contributed by atoms with Crippen LogP contribution in [0.15, 0.2) is 16.8 Å². The summed E-state index contributed by atoms with van der Waals surface area (Å²) in [7, 11) is 0. The first-order chi connectivity index (χ1) is 18.4. The van der Waals surface area contributed by atoms with E-state index < -0.39 is 29.1 Å². The molecule has 4 aliphatic carbocycles. The molecule has 6 rings (SSSR count). The summed E-state index contributed by atoms with van der Waals surface area (Å²) in [6.45, 7) is 9.24. The second-order valence-electron chi connectivity index (χ2n) is 12.9. The number of carbonyl (C=O) groups excluding carboxylic acids is 3. The molecule has 8 atom stereocenters. The van der Waals surface area contributed by atoms with Crippen LogP contribution in [0, 0.1) is 28.6 Å². The standard InChI is InChI=1S/C30H39N3O6/c1-6-20(35)14-33-13-18-11-28(4)19(9-23(18)32-33)7-8-21-22-10-26-30(31-16(2)39-26,25(37)15-38-17(3)34)29(22,5)12-24(36)27(21)28/h9,13,21-22,24,26-27,36H,6-8,10-12,14-15H2,1-5H3/t21-,22-,24-,26+,27+,28-,29-,30+/m0/s1. The monoisotopic (exact) mass is 537 g/mol. The number of esters is 1. The minimum absolute atomic E-state index is 0.0221. The first-order valence-corrected chi connectivity index (χ1v) is 14.3. The molecular weight excluding hydrogens is 498 g/mol. The summed E-state index contributed by atoms with van der Waals surface area (Å²) in [5, 5.41) is 16.7. The zero-order valence-electron chi connectivity index (χ0n) is 23.5. The molecule has 0 unspecified atom stereocenters. The molecule has 2 heterocycles. The Bertz CT molecular complexity index is 1310. The van der Waals surface area contributed by atoms with E-state index in [1.165, 1.54) is 12.5 Å². The molecule has 1 N–H and O–H groups in total. The van der Waals surface area contributed by atoms with Crippen LogP contribution in [-0.2, 0) is 36.8 Å². The molecule has 1 aromatic heterocycles. The van der Waals surface area contributed by atoms with Gasteiger partial charge in [0, 0.05) is 31.9 Å². The number of aliphatic imine (C=N–C) groups is 1. The van der Waals surface area contributed by atoms with Gasteiger partial charge in [-0.2, -0.15) is 5.10 Å². The Hall–Kier alpha value is -2.81. The third-order valence-corrected chi connectivity index (χ3v) is 10.8. The van der Waals surface area contributed by atoms with Crippen LogP contribution in [0.2, 0.25) is 0 Å². The number of Topliss-reactive ketones (excluding diaryl/α,β-unsaturated/α-hetero) is 2. The van der Waals surface area contributed by atoms with E-state index >= 15 is 0 Å². The quantitative estimate of drug-likeness (QED) is 0.553. The van der Waals surface area contributed by atoms with E-state index in [0.29, 0.717) is 25.2 Å². The highest BCUT2D eigenvalue weighted by Crippen LogP contribution is 2.69. The van der Waals surface area contributed by atoms with Gasteiger partial charge in [0.15, 0.2) is 23.8 Å². The van der Waals surface area contributed by atoms with Crippen LogP contribution in [0.5, 0.6) is 0 Å². The zero-order valence-corrected chi connectivity index (χ0v) is 23.5. The van der Waals surface area contributed by atoms with Gasteiger partial charge in [0.25, 0.3) is 0 Å². The summed E-state index contributed by atoms with van der Waals surface area (Å²) in [4.78, 5) is 42.2. The summed E-state index contributed by atoms with van der Waals surface area (Å²) in [5.41, 5.74) is 1.35.